The minimum Gasteiger partial charge on any atom is -0.481 e. The fraction of sp³-hybridized carbons (Fsp3) is 0.133. The highest BCUT2D eigenvalue weighted by Gasteiger charge is 2.07. The van der Waals surface area contributed by atoms with Gasteiger partial charge in [0.2, 0.25) is 0 Å². The Kier molecular flexibility index (Phi) is 6.36. The van der Waals surface area contributed by atoms with Crippen molar-refractivity contribution in [1.82, 2.24) is 0 Å². The molecule has 0 unspecified atom stereocenters. The monoisotopic (exact) mass is 305 g/mol. The lowest BCUT2D eigenvalue weighted by Gasteiger charge is -1.94. The van der Waals surface area contributed by atoms with Crippen molar-refractivity contribution in [2.24, 2.45) is 5.73 Å². The summed E-state index contributed by atoms with van der Waals surface area (Å²) in [6.45, 7) is 0. The van der Waals surface area contributed by atoms with E-state index in [0.717, 1.165) is 5.56 Å². The van der Waals surface area contributed by atoms with Crippen molar-refractivity contribution in [1.29, 1.82) is 0 Å². The number of nitrogens with two attached hydrogens (primary N) is 1. The summed E-state index contributed by atoms with van der Waals surface area (Å²) >= 11 is 0. The molecule has 1 amide bonds. The van der Waals surface area contributed by atoms with Crippen LogP contribution in [-0.4, -0.2) is 28.1 Å². The largest absolute Gasteiger partial charge is 0.481 e. The number of aliphatic carboxylic acids is 2. The van der Waals surface area contributed by atoms with Crippen LogP contribution in [0.1, 0.15) is 23.4 Å². The summed E-state index contributed by atoms with van der Waals surface area (Å²) in [5, 5.41) is 15.8. The summed E-state index contributed by atoms with van der Waals surface area (Å²) in [4.78, 5) is 30.1. The highest BCUT2D eigenvalue weighted by atomic mass is 16.4. The number of benzene rings is 1. The maximum Gasteiger partial charge on any atom is 0.303 e. The standard InChI is InChI=1S/C11H9NO2.C4H6O4/c12-11(13)10-7-6-9(14-10)8-4-2-1-3-5-8;5-3(6)1-2-4(7)8/h1-7H,(H2,12,13);1-2H2,(H,5,6)(H,7,8). The van der Waals surface area contributed by atoms with E-state index in [1.165, 1.54) is 0 Å². The normalized spacial score (nSPS) is 9.45. The molecule has 0 aliphatic carbocycles. The van der Waals surface area contributed by atoms with Gasteiger partial charge >= 0.3 is 11.9 Å². The van der Waals surface area contributed by atoms with E-state index in [-0.39, 0.29) is 18.6 Å². The minimum absolute atomic E-state index is 0.184. The second-order valence-electron chi connectivity index (χ2n) is 4.18. The molecular formula is C15H15NO6. The molecule has 0 atom stereocenters. The zero-order valence-electron chi connectivity index (χ0n) is 11.6. The molecule has 0 aliphatic rings. The summed E-state index contributed by atoms with van der Waals surface area (Å²) in [5.74, 6) is -1.87. The molecule has 116 valence electrons. The zero-order chi connectivity index (χ0) is 16.5. The quantitative estimate of drug-likeness (QED) is 0.774. The molecule has 7 nitrogen and oxygen atoms in total. The van der Waals surface area contributed by atoms with Crippen molar-refractivity contribution in [2.45, 2.75) is 12.8 Å². The molecular weight excluding hydrogens is 290 g/mol. The van der Waals surface area contributed by atoms with Gasteiger partial charge in [0.25, 0.3) is 5.91 Å². The van der Waals surface area contributed by atoms with E-state index in [1.54, 1.807) is 12.1 Å². The topological polar surface area (TPSA) is 131 Å². The SMILES string of the molecule is NC(=O)c1ccc(-c2ccccc2)o1.O=C(O)CCC(=O)O. The maximum absolute atomic E-state index is 10.8. The van der Waals surface area contributed by atoms with Gasteiger partial charge in [-0.3, -0.25) is 14.4 Å². The van der Waals surface area contributed by atoms with Gasteiger partial charge < -0.3 is 20.4 Å². The van der Waals surface area contributed by atoms with E-state index in [2.05, 4.69) is 0 Å². The molecule has 0 bridgehead atoms. The van der Waals surface area contributed by atoms with E-state index in [9.17, 15) is 14.4 Å². The third-order valence-electron chi connectivity index (χ3n) is 2.46. The third-order valence-corrected chi connectivity index (χ3v) is 2.46. The molecule has 0 saturated heterocycles. The number of hydrogen-bond donors (Lipinski definition) is 3. The van der Waals surface area contributed by atoms with Crippen LogP contribution in [0.25, 0.3) is 11.3 Å². The summed E-state index contributed by atoms with van der Waals surface area (Å²) in [7, 11) is 0. The molecule has 7 heteroatoms. The lowest BCUT2D eigenvalue weighted by molar-refractivity contribution is -0.143. The van der Waals surface area contributed by atoms with E-state index in [4.69, 9.17) is 20.4 Å². The minimum atomic E-state index is -1.08. The number of carboxylic acids is 2. The van der Waals surface area contributed by atoms with Crippen molar-refractivity contribution in [3.05, 3.63) is 48.2 Å². The van der Waals surface area contributed by atoms with Gasteiger partial charge in [-0.15, -0.1) is 0 Å². The molecule has 0 spiro atoms. The van der Waals surface area contributed by atoms with Crippen LogP contribution < -0.4 is 5.73 Å². The number of carbonyl (C=O) groups excluding carboxylic acids is 1. The average molecular weight is 305 g/mol. The number of primary amides is 1. The van der Waals surface area contributed by atoms with Crippen LogP contribution in [-0.2, 0) is 9.59 Å². The summed E-state index contributed by atoms with van der Waals surface area (Å²) in [6.07, 6.45) is -0.593. The lowest BCUT2D eigenvalue weighted by atomic mass is 10.2. The van der Waals surface area contributed by atoms with Gasteiger partial charge in [-0.2, -0.15) is 0 Å². The fourth-order valence-corrected chi connectivity index (χ4v) is 1.44. The molecule has 0 fully saturated rings. The Morgan fingerprint density at radius 1 is 0.909 bits per heavy atom. The number of rotatable bonds is 5. The van der Waals surface area contributed by atoms with Crippen molar-refractivity contribution in [2.75, 3.05) is 0 Å². The summed E-state index contributed by atoms with van der Waals surface area (Å²) in [5.41, 5.74) is 6.00. The van der Waals surface area contributed by atoms with Crippen molar-refractivity contribution in [3.63, 3.8) is 0 Å². The predicted molar refractivity (Wildman–Crippen MR) is 77.2 cm³/mol. The molecule has 1 aromatic heterocycles. The van der Waals surface area contributed by atoms with Crippen molar-refractivity contribution < 1.29 is 29.0 Å². The fourth-order valence-electron chi connectivity index (χ4n) is 1.44. The zero-order valence-corrected chi connectivity index (χ0v) is 11.6. The Balaban J connectivity index is 0.000000261. The van der Waals surface area contributed by atoms with Gasteiger partial charge in [-0.05, 0) is 12.1 Å². The second-order valence-corrected chi connectivity index (χ2v) is 4.18. The van der Waals surface area contributed by atoms with Gasteiger partial charge in [0.05, 0.1) is 12.8 Å². The summed E-state index contributed by atoms with van der Waals surface area (Å²) in [6, 6.07) is 12.8. The number of amides is 1. The Labute approximate surface area is 126 Å². The molecule has 2 aromatic rings. The van der Waals surface area contributed by atoms with Gasteiger partial charge in [0.1, 0.15) is 5.76 Å². The van der Waals surface area contributed by atoms with Gasteiger partial charge in [0.15, 0.2) is 5.76 Å². The highest BCUT2D eigenvalue weighted by Crippen LogP contribution is 2.21. The average Bonchev–Trinajstić information content (AvgIpc) is 2.97. The molecule has 0 radical (unpaired) electrons. The van der Waals surface area contributed by atoms with Crippen LogP contribution >= 0.6 is 0 Å². The molecule has 4 N–H and O–H groups in total. The lowest BCUT2D eigenvalue weighted by Crippen LogP contribution is -2.09. The number of carbonyl (C=O) groups is 3. The smallest absolute Gasteiger partial charge is 0.303 e. The Hall–Kier alpha value is -3.09. The second kappa shape index (κ2) is 8.25. The first-order chi connectivity index (χ1) is 10.4. The van der Waals surface area contributed by atoms with E-state index in [0.29, 0.717) is 5.76 Å². The first-order valence-electron chi connectivity index (χ1n) is 6.28. The van der Waals surface area contributed by atoms with Gasteiger partial charge in [-0.1, -0.05) is 30.3 Å². The van der Waals surface area contributed by atoms with Crippen molar-refractivity contribution in [3.8, 4) is 11.3 Å². The van der Waals surface area contributed by atoms with E-state index >= 15 is 0 Å². The first kappa shape index (κ1) is 17.0. The van der Waals surface area contributed by atoms with Crippen LogP contribution in [0.2, 0.25) is 0 Å². The predicted octanol–water partition coefficient (Wildman–Crippen LogP) is 1.98. The van der Waals surface area contributed by atoms with Crippen LogP contribution in [0.4, 0.5) is 0 Å². The molecule has 0 saturated carbocycles. The summed E-state index contributed by atoms with van der Waals surface area (Å²) < 4.78 is 5.26. The van der Waals surface area contributed by atoms with E-state index < -0.39 is 17.8 Å². The number of carboxylic acid groups (broad SMARTS) is 2. The Morgan fingerprint density at radius 2 is 1.45 bits per heavy atom. The molecule has 0 aliphatic heterocycles. The van der Waals surface area contributed by atoms with Gasteiger partial charge in [0, 0.05) is 5.56 Å². The molecule has 1 aromatic carbocycles. The highest BCUT2D eigenvalue weighted by molar-refractivity contribution is 5.90. The number of furan rings is 1. The third kappa shape index (κ3) is 5.91. The molecule has 2 rings (SSSR count). The molecule has 1 heterocycles. The van der Waals surface area contributed by atoms with Crippen LogP contribution in [0.3, 0.4) is 0 Å². The first-order valence-corrected chi connectivity index (χ1v) is 6.28. The Morgan fingerprint density at radius 3 is 1.86 bits per heavy atom. The maximum atomic E-state index is 10.8. The Bertz CT molecular complexity index is 633. The van der Waals surface area contributed by atoms with Gasteiger partial charge in [-0.25, -0.2) is 0 Å². The van der Waals surface area contributed by atoms with Crippen LogP contribution in [0, 0.1) is 0 Å². The van der Waals surface area contributed by atoms with E-state index in [1.807, 2.05) is 30.3 Å². The van der Waals surface area contributed by atoms with Crippen LogP contribution in [0.5, 0.6) is 0 Å². The van der Waals surface area contributed by atoms with Crippen LogP contribution in [0.15, 0.2) is 46.9 Å². The molecule has 22 heavy (non-hydrogen) atoms. The number of hydrogen-bond acceptors (Lipinski definition) is 4. The van der Waals surface area contributed by atoms with Crippen molar-refractivity contribution >= 4 is 17.8 Å².